The first-order valence-electron chi connectivity index (χ1n) is 5.75. The van der Waals surface area contributed by atoms with Crippen LogP contribution in [0, 0.1) is 0 Å². The SMILES string of the molecule is [N-]=[N+]=Nc1cc(Oc2ccc3ncccc3c2)ncn1. The predicted octanol–water partition coefficient (Wildman–Crippen LogP) is 3.76. The van der Waals surface area contributed by atoms with Crippen molar-refractivity contribution in [2.45, 2.75) is 0 Å². The number of azide groups is 1. The maximum atomic E-state index is 8.37. The zero-order valence-corrected chi connectivity index (χ0v) is 10.2. The van der Waals surface area contributed by atoms with Crippen molar-refractivity contribution in [3.63, 3.8) is 0 Å². The molecule has 1 aromatic carbocycles. The molecule has 0 aliphatic rings. The summed E-state index contributed by atoms with van der Waals surface area (Å²) in [5, 5.41) is 4.37. The standard InChI is InChI=1S/C13H8N6O/c14-19-18-12-7-13(17-8-16-12)20-10-3-4-11-9(6-10)2-1-5-15-11/h1-8H. The molecule has 96 valence electrons. The van der Waals surface area contributed by atoms with Gasteiger partial charge in [-0.05, 0) is 34.9 Å². The number of pyridine rings is 1. The van der Waals surface area contributed by atoms with E-state index in [0.717, 1.165) is 10.9 Å². The van der Waals surface area contributed by atoms with Gasteiger partial charge in [-0.3, -0.25) is 4.98 Å². The van der Waals surface area contributed by atoms with E-state index in [1.165, 1.54) is 12.4 Å². The number of ether oxygens (including phenoxy) is 1. The highest BCUT2D eigenvalue weighted by Crippen LogP contribution is 2.24. The molecule has 20 heavy (non-hydrogen) atoms. The average molecular weight is 264 g/mol. The molecule has 3 rings (SSSR count). The topological polar surface area (TPSA) is 96.7 Å². The van der Waals surface area contributed by atoms with Gasteiger partial charge in [0.25, 0.3) is 0 Å². The van der Waals surface area contributed by atoms with Crippen LogP contribution in [0.25, 0.3) is 21.3 Å². The highest BCUT2D eigenvalue weighted by Gasteiger charge is 2.02. The van der Waals surface area contributed by atoms with Crippen LogP contribution in [0.1, 0.15) is 0 Å². The molecule has 0 unspecified atom stereocenters. The minimum atomic E-state index is 0.208. The normalized spacial score (nSPS) is 10.0. The van der Waals surface area contributed by atoms with E-state index in [9.17, 15) is 0 Å². The molecule has 0 amide bonds. The molecule has 0 N–H and O–H groups in total. The largest absolute Gasteiger partial charge is 0.439 e. The third-order valence-corrected chi connectivity index (χ3v) is 2.57. The zero-order chi connectivity index (χ0) is 13.8. The fraction of sp³-hybridized carbons (Fsp3) is 0. The Balaban J connectivity index is 1.92. The third-order valence-electron chi connectivity index (χ3n) is 2.57. The summed E-state index contributed by atoms with van der Waals surface area (Å²) in [6, 6.07) is 10.8. The molecule has 0 spiro atoms. The summed E-state index contributed by atoms with van der Waals surface area (Å²) < 4.78 is 5.61. The van der Waals surface area contributed by atoms with E-state index in [1.807, 2.05) is 24.3 Å². The lowest BCUT2D eigenvalue weighted by Crippen LogP contribution is -1.89. The van der Waals surface area contributed by atoms with Crippen LogP contribution in [0.15, 0.2) is 54.0 Å². The van der Waals surface area contributed by atoms with Crippen molar-refractivity contribution in [3.05, 3.63) is 59.4 Å². The van der Waals surface area contributed by atoms with Crippen molar-refractivity contribution in [1.82, 2.24) is 15.0 Å². The van der Waals surface area contributed by atoms with Crippen molar-refractivity contribution >= 4 is 16.7 Å². The van der Waals surface area contributed by atoms with Crippen molar-refractivity contribution in [2.24, 2.45) is 5.11 Å². The van der Waals surface area contributed by atoms with E-state index in [2.05, 4.69) is 25.0 Å². The van der Waals surface area contributed by atoms with Crippen molar-refractivity contribution in [3.8, 4) is 11.6 Å². The molecule has 2 aromatic heterocycles. The van der Waals surface area contributed by atoms with Crippen molar-refractivity contribution in [2.75, 3.05) is 0 Å². The molecular formula is C13H8N6O. The first-order chi connectivity index (χ1) is 9.85. The van der Waals surface area contributed by atoms with E-state index < -0.39 is 0 Å². The Bertz CT molecular complexity index is 813. The van der Waals surface area contributed by atoms with E-state index in [-0.39, 0.29) is 5.82 Å². The smallest absolute Gasteiger partial charge is 0.222 e. The maximum absolute atomic E-state index is 8.37. The zero-order valence-electron chi connectivity index (χ0n) is 10.2. The summed E-state index contributed by atoms with van der Waals surface area (Å²) >= 11 is 0. The molecule has 3 aromatic rings. The first-order valence-corrected chi connectivity index (χ1v) is 5.75. The summed E-state index contributed by atoms with van der Waals surface area (Å²) in [6.07, 6.45) is 3.02. The fourth-order valence-corrected chi connectivity index (χ4v) is 1.72. The highest BCUT2D eigenvalue weighted by molar-refractivity contribution is 5.79. The van der Waals surface area contributed by atoms with Gasteiger partial charge in [0.2, 0.25) is 5.88 Å². The van der Waals surface area contributed by atoms with E-state index >= 15 is 0 Å². The Labute approximate surface area is 113 Å². The Morgan fingerprint density at radius 2 is 2.05 bits per heavy atom. The van der Waals surface area contributed by atoms with Gasteiger partial charge in [-0.2, -0.15) is 0 Å². The lowest BCUT2D eigenvalue weighted by Gasteiger charge is -2.05. The van der Waals surface area contributed by atoms with Gasteiger partial charge in [-0.1, -0.05) is 6.07 Å². The van der Waals surface area contributed by atoms with Gasteiger partial charge in [-0.15, -0.1) is 0 Å². The lowest BCUT2D eigenvalue weighted by atomic mass is 10.2. The number of nitrogens with zero attached hydrogens (tertiary/aromatic N) is 6. The molecule has 0 fully saturated rings. The molecule has 0 bridgehead atoms. The molecule has 0 aliphatic heterocycles. The summed E-state index contributed by atoms with van der Waals surface area (Å²) in [5.74, 6) is 1.14. The van der Waals surface area contributed by atoms with E-state index in [4.69, 9.17) is 10.3 Å². The van der Waals surface area contributed by atoms with Crippen molar-refractivity contribution in [1.29, 1.82) is 0 Å². The van der Waals surface area contributed by atoms with Crippen LogP contribution in [0.2, 0.25) is 0 Å². The van der Waals surface area contributed by atoms with Gasteiger partial charge < -0.3 is 4.74 Å². The van der Waals surface area contributed by atoms with Gasteiger partial charge in [0.15, 0.2) is 0 Å². The molecule has 7 heteroatoms. The van der Waals surface area contributed by atoms with Gasteiger partial charge in [0, 0.05) is 22.6 Å². The van der Waals surface area contributed by atoms with E-state index in [1.54, 1.807) is 12.3 Å². The predicted molar refractivity (Wildman–Crippen MR) is 72.7 cm³/mol. The van der Waals surface area contributed by atoms with Crippen LogP contribution in [0.4, 0.5) is 5.82 Å². The fourth-order valence-electron chi connectivity index (χ4n) is 1.72. The Morgan fingerprint density at radius 1 is 1.10 bits per heavy atom. The number of fused-ring (bicyclic) bond motifs is 1. The van der Waals surface area contributed by atoms with Gasteiger partial charge >= 0.3 is 0 Å². The second-order valence-electron chi connectivity index (χ2n) is 3.86. The summed E-state index contributed by atoms with van der Waals surface area (Å²) in [4.78, 5) is 14.7. The number of hydrogen-bond acceptors (Lipinski definition) is 5. The van der Waals surface area contributed by atoms with Gasteiger partial charge in [0.05, 0.1) is 5.52 Å². The monoisotopic (exact) mass is 264 g/mol. The summed E-state index contributed by atoms with van der Waals surface area (Å²) in [7, 11) is 0. The van der Waals surface area contributed by atoms with Crippen LogP contribution in [0.5, 0.6) is 11.6 Å². The van der Waals surface area contributed by atoms with Crippen LogP contribution in [0.3, 0.4) is 0 Å². The quantitative estimate of drug-likeness (QED) is 0.408. The Morgan fingerprint density at radius 3 is 2.95 bits per heavy atom. The number of benzene rings is 1. The minimum absolute atomic E-state index is 0.208. The minimum Gasteiger partial charge on any atom is -0.439 e. The second-order valence-corrected chi connectivity index (χ2v) is 3.86. The lowest BCUT2D eigenvalue weighted by molar-refractivity contribution is 0.462. The molecule has 2 heterocycles. The Kier molecular flexibility index (Phi) is 3.10. The molecule has 7 nitrogen and oxygen atoms in total. The van der Waals surface area contributed by atoms with Crippen LogP contribution in [-0.2, 0) is 0 Å². The van der Waals surface area contributed by atoms with Gasteiger partial charge in [-0.25, -0.2) is 9.97 Å². The third kappa shape index (κ3) is 2.47. The summed E-state index contributed by atoms with van der Waals surface area (Å²) in [6.45, 7) is 0. The molecule has 0 aliphatic carbocycles. The molecule has 0 atom stereocenters. The first kappa shape index (κ1) is 11.9. The summed E-state index contributed by atoms with van der Waals surface area (Å²) in [5.41, 5.74) is 9.26. The van der Waals surface area contributed by atoms with Crippen molar-refractivity contribution < 1.29 is 4.74 Å². The van der Waals surface area contributed by atoms with Gasteiger partial charge in [0.1, 0.15) is 17.9 Å². The van der Waals surface area contributed by atoms with Crippen LogP contribution in [-0.4, -0.2) is 15.0 Å². The second kappa shape index (κ2) is 5.21. The number of aromatic nitrogens is 3. The number of rotatable bonds is 3. The van der Waals surface area contributed by atoms with Crippen LogP contribution >= 0.6 is 0 Å². The number of hydrogen-bond donors (Lipinski definition) is 0. The maximum Gasteiger partial charge on any atom is 0.222 e. The molecule has 0 saturated heterocycles. The highest BCUT2D eigenvalue weighted by atomic mass is 16.5. The van der Waals surface area contributed by atoms with Crippen LogP contribution < -0.4 is 4.74 Å². The molecule has 0 saturated carbocycles. The Hall–Kier alpha value is -3.18. The molecular weight excluding hydrogens is 256 g/mol. The average Bonchev–Trinajstić information content (AvgIpc) is 2.48. The van der Waals surface area contributed by atoms with E-state index in [0.29, 0.717) is 11.6 Å². The molecule has 0 radical (unpaired) electrons.